The summed E-state index contributed by atoms with van der Waals surface area (Å²) in [6.07, 6.45) is 0.729. The van der Waals surface area contributed by atoms with Gasteiger partial charge in [0.15, 0.2) is 5.82 Å². The number of aryl methyl sites for hydroxylation is 1. The van der Waals surface area contributed by atoms with Crippen LogP contribution in [0.2, 0.25) is 5.02 Å². The molecule has 0 aliphatic heterocycles. The van der Waals surface area contributed by atoms with Gasteiger partial charge in [0.25, 0.3) is 0 Å². The minimum atomic E-state index is -0.313. The maximum atomic E-state index is 12.0. The second-order valence-corrected chi connectivity index (χ2v) is 7.08. The summed E-state index contributed by atoms with van der Waals surface area (Å²) in [6.45, 7) is 2.56. The van der Waals surface area contributed by atoms with Gasteiger partial charge >= 0.3 is 6.03 Å². The largest absolute Gasteiger partial charge is 0.355 e. The van der Waals surface area contributed by atoms with E-state index in [1.54, 1.807) is 43.3 Å². The van der Waals surface area contributed by atoms with E-state index < -0.39 is 0 Å². The average Bonchev–Trinajstić information content (AvgIpc) is 3.14. The lowest BCUT2D eigenvalue weighted by Gasteiger charge is -2.09. The van der Waals surface area contributed by atoms with Gasteiger partial charge < -0.3 is 20.5 Å². The number of carbonyl (C=O) groups excluding carboxylic acids is 2. The van der Waals surface area contributed by atoms with Crippen molar-refractivity contribution in [3.8, 4) is 0 Å². The van der Waals surface area contributed by atoms with Crippen LogP contribution in [-0.2, 0) is 24.2 Å². The van der Waals surface area contributed by atoms with E-state index in [1.165, 1.54) is 0 Å². The Bertz CT molecular complexity index is 987. The number of halogens is 1. The van der Waals surface area contributed by atoms with Gasteiger partial charge in [-0.05, 0) is 42.3 Å². The van der Waals surface area contributed by atoms with Crippen LogP contribution in [0.25, 0.3) is 0 Å². The topological polar surface area (TPSA) is 109 Å². The molecule has 0 radical (unpaired) electrons. The Kier molecular flexibility index (Phi) is 7.40. The van der Waals surface area contributed by atoms with Crippen LogP contribution < -0.4 is 16.0 Å². The lowest BCUT2D eigenvalue weighted by atomic mass is 10.1. The van der Waals surface area contributed by atoms with Crippen LogP contribution in [0.1, 0.15) is 22.8 Å². The van der Waals surface area contributed by atoms with Crippen molar-refractivity contribution in [2.75, 3.05) is 11.9 Å². The summed E-state index contributed by atoms with van der Waals surface area (Å²) >= 11 is 5.84. The van der Waals surface area contributed by atoms with E-state index in [1.807, 2.05) is 12.1 Å². The van der Waals surface area contributed by atoms with E-state index in [2.05, 4.69) is 26.1 Å². The van der Waals surface area contributed by atoms with Gasteiger partial charge in [0.2, 0.25) is 11.8 Å². The second kappa shape index (κ2) is 10.4. The van der Waals surface area contributed by atoms with Gasteiger partial charge in [-0.15, -0.1) is 0 Å². The first-order valence-corrected chi connectivity index (χ1v) is 9.80. The molecule has 0 aliphatic rings. The van der Waals surface area contributed by atoms with E-state index in [0.717, 1.165) is 11.1 Å². The highest BCUT2D eigenvalue weighted by Crippen LogP contribution is 2.11. The molecule has 0 fully saturated rings. The lowest BCUT2D eigenvalue weighted by Crippen LogP contribution is -2.28. The Morgan fingerprint density at radius 2 is 1.70 bits per heavy atom. The highest BCUT2D eigenvalue weighted by Gasteiger charge is 2.07. The number of anilines is 1. The minimum Gasteiger partial charge on any atom is -0.355 e. The summed E-state index contributed by atoms with van der Waals surface area (Å²) in [5.41, 5.74) is 2.43. The summed E-state index contributed by atoms with van der Waals surface area (Å²) in [4.78, 5) is 28.2. The zero-order valence-electron chi connectivity index (χ0n) is 16.4. The zero-order chi connectivity index (χ0) is 21.3. The van der Waals surface area contributed by atoms with E-state index in [-0.39, 0.29) is 18.4 Å². The number of urea groups is 1. The van der Waals surface area contributed by atoms with Crippen LogP contribution >= 0.6 is 11.6 Å². The molecule has 3 rings (SSSR count). The van der Waals surface area contributed by atoms with E-state index >= 15 is 0 Å². The van der Waals surface area contributed by atoms with Crippen LogP contribution in [0.5, 0.6) is 0 Å². The SMILES string of the molecule is Cc1noc(CCNC(=O)Cc2ccc(NC(=O)NCc3ccc(Cl)cc3)cc2)n1. The van der Waals surface area contributed by atoms with Gasteiger partial charge in [0.1, 0.15) is 0 Å². The predicted octanol–water partition coefficient (Wildman–Crippen LogP) is 3.25. The fourth-order valence-electron chi connectivity index (χ4n) is 2.66. The molecule has 0 aliphatic carbocycles. The van der Waals surface area contributed by atoms with Gasteiger partial charge in [0.05, 0.1) is 6.42 Å². The third-order valence-corrected chi connectivity index (χ3v) is 4.43. The molecule has 8 nitrogen and oxygen atoms in total. The van der Waals surface area contributed by atoms with Gasteiger partial charge in [0, 0.05) is 30.2 Å². The summed E-state index contributed by atoms with van der Waals surface area (Å²) < 4.78 is 5.00. The molecule has 2 aromatic carbocycles. The smallest absolute Gasteiger partial charge is 0.319 e. The number of amides is 3. The van der Waals surface area contributed by atoms with Crippen LogP contribution in [0, 0.1) is 6.92 Å². The van der Waals surface area contributed by atoms with E-state index in [9.17, 15) is 9.59 Å². The Labute approximate surface area is 179 Å². The molecule has 30 heavy (non-hydrogen) atoms. The fourth-order valence-corrected chi connectivity index (χ4v) is 2.79. The average molecular weight is 428 g/mol. The summed E-state index contributed by atoms with van der Waals surface area (Å²) in [6, 6.07) is 14.1. The van der Waals surface area contributed by atoms with Gasteiger partial charge in [-0.25, -0.2) is 4.79 Å². The van der Waals surface area contributed by atoms with Crippen LogP contribution in [0.3, 0.4) is 0 Å². The standard InChI is InChI=1S/C21H22ClN5O3/c1-14-25-20(30-27-14)10-11-23-19(28)12-15-4-8-18(9-5-15)26-21(29)24-13-16-2-6-17(22)7-3-16/h2-9H,10-13H2,1H3,(H,23,28)(H2,24,26,29). The lowest BCUT2D eigenvalue weighted by molar-refractivity contribution is -0.120. The highest BCUT2D eigenvalue weighted by molar-refractivity contribution is 6.30. The molecule has 1 aromatic heterocycles. The normalized spacial score (nSPS) is 10.5. The Morgan fingerprint density at radius 3 is 2.37 bits per heavy atom. The molecule has 3 aromatic rings. The molecular formula is C21H22ClN5O3. The van der Waals surface area contributed by atoms with Gasteiger partial charge in [-0.2, -0.15) is 4.98 Å². The van der Waals surface area contributed by atoms with Crippen molar-refractivity contribution in [3.63, 3.8) is 0 Å². The molecule has 0 spiro atoms. The van der Waals surface area contributed by atoms with Crippen molar-refractivity contribution in [1.82, 2.24) is 20.8 Å². The molecule has 0 bridgehead atoms. The maximum Gasteiger partial charge on any atom is 0.319 e. The van der Waals surface area contributed by atoms with Crippen LogP contribution in [-0.4, -0.2) is 28.6 Å². The van der Waals surface area contributed by atoms with E-state index in [0.29, 0.717) is 41.9 Å². The third kappa shape index (κ3) is 6.89. The molecule has 1 heterocycles. The number of nitrogens with zero attached hydrogens (tertiary/aromatic N) is 2. The van der Waals surface area contributed by atoms with Crippen molar-refractivity contribution < 1.29 is 14.1 Å². The van der Waals surface area contributed by atoms with Crippen molar-refractivity contribution in [2.45, 2.75) is 26.3 Å². The van der Waals surface area contributed by atoms with Gasteiger partial charge in [-0.3, -0.25) is 4.79 Å². The first kappa shape index (κ1) is 21.3. The monoisotopic (exact) mass is 427 g/mol. The van der Waals surface area contributed by atoms with Crippen LogP contribution in [0.15, 0.2) is 53.1 Å². The number of nitrogens with one attached hydrogen (secondary N) is 3. The molecule has 3 amide bonds. The van der Waals surface area contributed by atoms with Crippen molar-refractivity contribution in [1.29, 1.82) is 0 Å². The minimum absolute atomic E-state index is 0.104. The Morgan fingerprint density at radius 1 is 1.00 bits per heavy atom. The van der Waals surface area contributed by atoms with Crippen molar-refractivity contribution in [3.05, 3.63) is 76.4 Å². The molecule has 0 atom stereocenters. The van der Waals surface area contributed by atoms with Gasteiger partial charge in [-0.1, -0.05) is 41.0 Å². The predicted molar refractivity (Wildman–Crippen MR) is 113 cm³/mol. The molecule has 0 unspecified atom stereocenters. The molecule has 3 N–H and O–H groups in total. The number of rotatable bonds is 8. The van der Waals surface area contributed by atoms with Crippen LogP contribution in [0.4, 0.5) is 10.5 Å². The number of carbonyl (C=O) groups is 2. The second-order valence-electron chi connectivity index (χ2n) is 6.64. The number of hydrogen-bond acceptors (Lipinski definition) is 5. The fraction of sp³-hybridized carbons (Fsp3) is 0.238. The molecular weight excluding hydrogens is 406 g/mol. The zero-order valence-corrected chi connectivity index (χ0v) is 17.2. The summed E-state index contributed by atoms with van der Waals surface area (Å²) in [5, 5.41) is 12.7. The molecule has 9 heteroatoms. The Hall–Kier alpha value is -3.39. The summed E-state index contributed by atoms with van der Waals surface area (Å²) in [7, 11) is 0. The number of aromatic nitrogens is 2. The quantitative estimate of drug-likeness (QED) is 0.511. The van der Waals surface area contributed by atoms with Crippen molar-refractivity contribution in [2.24, 2.45) is 0 Å². The summed E-state index contributed by atoms with van der Waals surface area (Å²) in [5.74, 6) is 0.967. The number of hydrogen-bond donors (Lipinski definition) is 3. The highest BCUT2D eigenvalue weighted by atomic mass is 35.5. The molecule has 156 valence electrons. The molecule has 0 saturated carbocycles. The molecule has 0 saturated heterocycles. The first-order chi connectivity index (χ1) is 14.5. The van der Waals surface area contributed by atoms with Crippen molar-refractivity contribution >= 4 is 29.2 Å². The first-order valence-electron chi connectivity index (χ1n) is 9.42. The maximum absolute atomic E-state index is 12.0. The number of benzene rings is 2. The van der Waals surface area contributed by atoms with E-state index in [4.69, 9.17) is 16.1 Å². The Balaban J connectivity index is 1.38. The third-order valence-electron chi connectivity index (χ3n) is 4.17.